The van der Waals surface area contributed by atoms with E-state index >= 15 is 0 Å². The van der Waals surface area contributed by atoms with Crippen molar-refractivity contribution in [3.63, 3.8) is 0 Å². The first kappa shape index (κ1) is 15.7. The minimum absolute atomic E-state index is 0.299. The molecule has 1 heterocycles. The molecule has 0 saturated heterocycles. The lowest BCUT2D eigenvalue weighted by atomic mass is 10.1. The average Bonchev–Trinajstić information content (AvgIpc) is 2.69. The molecule has 0 bridgehead atoms. The molecule has 0 N–H and O–H groups in total. The molecule has 0 unspecified atom stereocenters. The lowest BCUT2D eigenvalue weighted by molar-refractivity contribution is -0.119. The molecular formula is C13H20BrClN2O. The Hall–Kier alpha value is -0.350. The number of Topliss-reactive ketones (excluding diaryl/α,β-unsaturated/α-hetero) is 1. The summed E-state index contributed by atoms with van der Waals surface area (Å²) in [5, 5.41) is 6.08. The van der Waals surface area contributed by atoms with Crippen molar-refractivity contribution in [2.24, 2.45) is 0 Å². The van der Waals surface area contributed by atoms with Crippen LogP contribution in [0.3, 0.4) is 0 Å². The Morgan fingerprint density at radius 3 is 2.67 bits per heavy atom. The zero-order valence-corrected chi connectivity index (χ0v) is 13.4. The van der Waals surface area contributed by atoms with Crippen molar-refractivity contribution in [2.75, 3.05) is 5.33 Å². The van der Waals surface area contributed by atoms with Gasteiger partial charge in [0.2, 0.25) is 0 Å². The van der Waals surface area contributed by atoms with E-state index in [1.165, 1.54) is 0 Å². The Balaban J connectivity index is 2.66. The Labute approximate surface area is 122 Å². The van der Waals surface area contributed by atoms with Crippen LogP contribution in [0.25, 0.3) is 0 Å². The summed E-state index contributed by atoms with van der Waals surface area (Å²) in [6.07, 6.45) is 3.63. The fourth-order valence-electron chi connectivity index (χ4n) is 1.90. The third kappa shape index (κ3) is 4.09. The number of hydrogen-bond acceptors (Lipinski definition) is 2. The van der Waals surface area contributed by atoms with E-state index in [0.717, 1.165) is 41.1 Å². The van der Waals surface area contributed by atoms with Gasteiger partial charge in [-0.1, -0.05) is 34.5 Å². The number of aromatic nitrogens is 2. The predicted molar refractivity (Wildman–Crippen MR) is 78.6 cm³/mol. The lowest BCUT2D eigenvalue weighted by Gasteiger charge is -2.04. The standard InChI is InChI=1S/C13H20BrClN2O/c1-3-11-13(15)12(17(4-2)16-11)8-7-10(18)6-5-9-14/h3-9H2,1-2H3. The third-order valence-electron chi connectivity index (χ3n) is 2.92. The number of hydrogen-bond donors (Lipinski definition) is 0. The maximum absolute atomic E-state index is 11.7. The van der Waals surface area contributed by atoms with E-state index in [0.29, 0.717) is 25.0 Å². The molecule has 3 nitrogen and oxygen atoms in total. The average molecular weight is 336 g/mol. The van der Waals surface area contributed by atoms with Gasteiger partial charge in [-0.25, -0.2) is 0 Å². The van der Waals surface area contributed by atoms with Gasteiger partial charge in [0, 0.05) is 24.7 Å². The predicted octanol–water partition coefficient (Wildman–Crippen LogP) is 3.80. The van der Waals surface area contributed by atoms with Crippen LogP contribution < -0.4 is 0 Å². The summed E-state index contributed by atoms with van der Waals surface area (Å²) < 4.78 is 1.92. The molecule has 0 spiro atoms. The minimum atomic E-state index is 0.299. The topological polar surface area (TPSA) is 34.9 Å². The molecule has 0 aliphatic carbocycles. The molecule has 18 heavy (non-hydrogen) atoms. The van der Waals surface area contributed by atoms with Crippen LogP contribution in [-0.2, 0) is 24.2 Å². The van der Waals surface area contributed by atoms with Crippen LogP contribution in [0.2, 0.25) is 5.02 Å². The molecule has 0 aromatic carbocycles. The number of ketones is 1. The number of rotatable bonds is 8. The van der Waals surface area contributed by atoms with Crippen LogP contribution >= 0.6 is 27.5 Å². The van der Waals surface area contributed by atoms with Gasteiger partial charge in [-0.2, -0.15) is 5.10 Å². The van der Waals surface area contributed by atoms with E-state index in [-0.39, 0.29) is 0 Å². The van der Waals surface area contributed by atoms with E-state index in [1.807, 2.05) is 18.5 Å². The van der Waals surface area contributed by atoms with Crippen LogP contribution in [0.5, 0.6) is 0 Å². The molecule has 102 valence electrons. The molecular weight excluding hydrogens is 316 g/mol. The Morgan fingerprint density at radius 1 is 1.39 bits per heavy atom. The summed E-state index contributed by atoms with van der Waals surface area (Å²) >= 11 is 9.63. The van der Waals surface area contributed by atoms with Crippen LogP contribution in [0, 0.1) is 0 Å². The van der Waals surface area contributed by atoms with Crippen LogP contribution in [-0.4, -0.2) is 20.9 Å². The van der Waals surface area contributed by atoms with Gasteiger partial charge in [-0.05, 0) is 26.2 Å². The van der Waals surface area contributed by atoms with Crippen LogP contribution in [0.4, 0.5) is 0 Å². The Kier molecular flexibility index (Phi) is 6.94. The highest BCUT2D eigenvalue weighted by atomic mass is 79.9. The zero-order valence-electron chi connectivity index (χ0n) is 11.0. The van der Waals surface area contributed by atoms with Crippen molar-refractivity contribution in [1.82, 2.24) is 9.78 Å². The Morgan fingerprint density at radius 2 is 2.11 bits per heavy atom. The maximum atomic E-state index is 11.7. The largest absolute Gasteiger partial charge is 0.300 e. The SMILES string of the molecule is CCc1nn(CC)c(CCC(=O)CCCBr)c1Cl. The summed E-state index contributed by atoms with van der Waals surface area (Å²) in [5.74, 6) is 0.299. The number of carbonyl (C=O) groups is 1. The van der Waals surface area contributed by atoms with Gasteiger partial charge in [-0.3, -0.25) is 9.48 Å². The lowest BCUT2D eigenvalue weighted by Crippen LogP contribution is -2.06. The normalized spacial score (nSPS) is 10.9. The first-order chi connectivity index (χ1) is 8.63. The van der Waals surface area contributed by atoms with Gasteiger partial charge in [0.05, 0.1) is 16.4 Å². The van der Waals surface area contributed by atoms with Crippen molar-refractivity contribution in [3.05, 3.63) is 16.4 Å². The molecule has 1 aromatic rings. The quantitative estimate of drug-likeness (QED) is 0.677. The van der Waals surface area contributed by atoms with Gasteiger partial charge >= 0.3 is 0 Å². The number of halogens is 2. The second-order valence-corrected chi connectivity index (χ2v) is 5.38. The molecule has 0 saturated carbocycles. The highest BCUT2D eigenvalue weighted by molar-refractivity contribution is 9.09. The highest BCUT2D eigenvalue weighted by Gasteiger charge is 2.15. The number of alkyl halides is 1. The molecule has 1 aromatic heterocycles. The van der Waals surface area contributed by atoms with Gasteiger partial charge in [0.25, 0.3) is 0 Å². The van der Waals surface area contributed by atoms with E-state index in [4.69, 9.17) is 11.6 Å². The van der Waals surface area contributed by atoms with Gasteiger partial charge in [-0.15, -0.1) is 0 Å². The maximum Gasteiger partial charge on any atom is 0.133 e. The molecule has 5 heteroatoms. The first-order valence-electron chi connectivity index (χ1n) is 6.45. The van der Waals surface area contributed by atoms with Crippen molar-refractivity contribution in [1.29, 1.82) is 0 Å². The van der Waals surface area contributed by atoms with Crippen molar-refractivity contribution in [2.45, 2.75) is 52.5 Å². The number of carbonyl (C=O) groups excluding carboxylic acids is 1. The van der Waals surface area contributed by atoms with Gasteiger partial charge in [0.1, 0.15) is 5.78 Å². The van der Waals surface area contributed by atoms with Crippen molar-refractivity contribution >= 4 is 33.3 Å². The smallest absolute Gasteiger partial charge is 0.133 e. The number of nitrogens with zero attached hydrogens (tertiary/aromatic N) is 2. The van der Waals surface area contributed by atoms with Gasteiger partial charge < -0.3 is 0 Å². The van der Waals surface area contributed by atoms with Gasteiger partial charge in [0.15, 0.2) is 0 Å². The molecule has 0 atom stereocenters. The molecule has 0 fully saturated rings. The summed E-state index contributed by atoms with van der Waals surface area (Å²) in [4.78, 5) is 11.7. The van der Waals surface area contributed by atoms with E-state index in [9.17, 15) is 4.79 Å². The third-order valence-corrected chi connectivity index (χ3v) is 3.92. The summed E-state index contributed by atoms with van der Waals surface area (Å²) in [6.45, 7) is 4.88. The fourth-order valence-corrected chi connectivity index (χ4v) is 2.55. The molecule has 0 amide bonds. The van der Waals surface area contributed by atoms with Crippen molar-refractivity contribution < 1.29 is 4.79 Å². The van der Waals surface area contributed by atoms with Crippen LogP contribution in [0.1, 0.15) is 44.5 Å². The molecule has 0 radical (unpaired) electrons. The number of aryl methyl sites for hydroxylation is 2. The van der Waals surface area contributed by atoms with E-state index < -0.39 is 0 Å². The second-order valence-electron chi connectivity index (χ2n) is 4.21. The first-order valence-corrected chi connectivity index (χ1v) is 7.95. The Bertz CT molecular complexity index is 404. The highest BCUT2D eigenvalue weighted by Crippen LogP contribution is 2.23. The summed E-state index contributed by atoms with van der Waals surface area (Å²) in [5.41, 5.74) is 1.93. The summed E-state index contributed by atoms with van der Waals surface area (Å²) in [6, 6.07) is 0. The minimum Gasteiger partial charge on any atom is -0.300 e. The zero-order chi connectivity index (χ0) is 13.5. The summed E-state index contributed by atoms with van der Waals surface area (Å²) in [7, 11) is 0. The fraction of sp³-hybridized carbons (Fsp3) is 0.692. The molecule has 0 aliphatic heterocycles. The van der Waals surface area contributed by atoms with E-state index in [2.05, 4.69) is 21.0 Å². The monoisotopic (exact) mass is 334 g/mol. The second kappa shape index (κ2) is 7.95. The molecule has 1 rings (SSSR count). The molecule has 0 aliphatic rings. The van der Waals surface area contributed by atoms with Crippen molar-refractivity contribution in [3.8, 4) is 0 Å². The van der Waals surface area contributed by atoms with Crippen LogP contribution in [0.15, 0.2) is 0 Å². The van der Waals surface area contributed by atoms with E-state index in [1.54, 1.807) is 0 Å².